The standard InChI is InChI=1S/C27H23N5O4/c1-17-13-25(33)32(30-17)21-10-7-19(8-11-21)27(36)29-20-9-12-22-24(14-20)31(16-28-22)23(15-26(34)35)18-5-3-2-4-6-18/h2-12,14,16,23H,13,15H2,1H3,(H,29,36)(H,34,35). The van der Waals surface area contributed by atoms with Crippen molar-refractivity contribution < 1.29 is 19.5 Å². The third-order valence-corrected chi connectivity index (χ3v) is 6.01. The first-order valence-electron chi connectivity index (χ1n) is 11.4. The van der Waals surface area contributed by atoms with E-state index in [0.717, 1.165) is 11.3 Å². The summed E-state index contributed by atoms with van der Waals surface area (Å²) in [4.78, 5) is 41.0. The van der Waals surface area contributed by atoms with Crippen molar-refractivity contribution >= 4 is 45.9 Å². The number of carboxylic acids is 1. The largest absolute Gasteiger partial charge is 0.481 e. The normalized spacial score (nSPS) is 14.1. The molecule has 1 aliphatic rings. The molecule has 1 aliphatic heterocycles. The highest BCUT2D eigenvalue weighted by Crippen LogP contribution is 2.28. The van der Waals surface area contributed by atoms with E-state index in [4.69, 9.17) is 0 Å². The summed E-state index contributed by atoms with van der Waals surface area (Å²) in [5.41, 5.74) is 4.57. The molecule has 2 amide bonds. The number of imidazole rings is 1. The minimum Gasteiger partial charge on any atom is -0.481 e. The number of benzene rings is 3. The zero-order valence-corrected chi connectivity index (χ0v) is 19.5. The van der Waals surface area contributed by atoms with E-state index in [1.807, 2.05) is 34.9 Å². The van der Waals surface area contributed by atoms with Gasteiger partial charge in [0.2, 0.25) is 0 Å². The number of aromatic nitrogens is 2. The van der Waals surface area contributed by atoms with Crippen molar-refractivity contribution in [2.45, 2.75) is 25.8 Å². The Morgan fingerprint density at radius 2 is 1.81 bits per heavy atom. The lowest BCUT2D eigenvalue weighted by Gasteiger charge is -2.18. The Hall–Kier alpha value is -4.79. The molecular weight excluding hydrogens is 458 g/mol. The second kappa shape index (κ2) is 9.46. The van der Waals surface area contributed by atoms with Gasteiger partial charge in [0, 0.05) is 17.0 Å². The topological polar surface area (TPSA) is 117 Å². The van der Waals surface area contributed by atoms with Gasteiger partial charge in [0.25, 0.3) is 11.8 Å². The number of fused-ring (bicyclic) bond motifs is 1. The third kappa shape index (κ3) is 4.58. The van der Waals surface area contributed by atoms with Crippen LogP contribution in [0.1, 0.15) is 41.7 Å². The first kappa shape index (κ1) is 23.0. The molecule has 1 aromatic heterocycles. The lowest BCUT2D eigenvalue weighted by Crippen LogP contribution is -2.19. The fourth-order valence-corrected chi connectivity index (χ4v) is 4.28. The molecule has 1 unspecified atom stereocenters. The van der Waals surface area contributed by atoms with Crippen molar-refractivity contribution in [2.24, 2.45) is 5.10 Å². The summed E-state index contributed by atoms with van der Waals surface area (Å²) in [7, 11) is 0. The number of anilines is 2. The van der Waals surface area contributed by atoms with Crippen molar-refractivity contribution in [3.05, 3.63) is 90.3 Å². The number of aliphatic carboxylic acids is 1. The molecule has 2 heterocycles. The van der Waals surface area contributed by atoms with Gasteiger partial charge >= 0.3 is 5.97 Å². The third-order valence-electron chi connectivity index (χ3n) is 6.01. The quantitative estimate of drug-likeness (QED) is 0.404. The molecule has 0 aliphatic carbocycles. The predicted molar refractivity (Wildman–Crippen MR) is 136 cm³/mol. The van der Waals surface area contributed by atoms with E-state index < -0.39 is 12.0 Å². The van der Waals surface area contributed by atoms with Crippen molar-refractivity contribution in [3.8, 4) is 0 Å². The summed E-state index contributed by atoms with van der Waals surface area (Å²) in [5.74, 6) is -1.34. The Balaban J connectivity index is 1.39. The molecule has 36 heavy (non-hydrogen) atoms. The van der Waals surface area contributed by atoms with Gasteiger partial charge in [0.1, 0.15) is 0 Å². The van der Waals surface area contributed by atoms with Crippen LogP contribution >= 0.6 is 0 Å². The number of carbonyl (C=O) groups is 3. The molecule has 4 aromatic rings. The van der Waals surface area contributed by atoms with Gasteiger partial charge in [-0.25, -0.2) is 9.99 Å². The highest BCUT2D eigenvalue weighted by atomic mass is 16.4. The fourth-order valence-electron chi connectivity index (χ4n) is 4.28. The van der Waals surface area contributed by atoms with Gasteiger partial charge in [-0.05, 0) is 55.0 Å². The molecule has 0 bridgehead atoms. The van der Waals surface area contributed by atoms with Crippen LogP contribution in [0, 0.1) is 0 Å². The summed E-state index contributed by atoms with van der Waals surface area (Å²) < 4.78 is 1.82. The second-order valence-corrected chi connectivity index (χ2v) is 8.60. The van der Waals surface area contributed by atoms with Crippen LogP contribution in [0.5, 0.6) is 0 Å². The summed E-state index contributed by atoms with van der Waals surface area (Å²) in [6.07, 6.45) is 1.81. The van der Waals surface area contributed by atoms with Crippen molar-refractivity contribution in [1.29, 1.82) is 0 Å². The van der Waals surface area contributed by atoms with E-state index in [2.05, 4.69) is 15.4 Å². The van der Waals surface area contributed by atoms with Crippen molar-refractivity contribution in [3.63, 3.8) is 0 Å². The number of hydrogen-bond acceptors (Lipinski definition) is 5. The van der Waals surface area contributed by atoms with E-state index in [1.165, 1.54) is 5.01 Å². The molecule has 3 aromatic carbocycles. The Morgan fingerprint density at radius 3 is 2.47 bits per heavy atom. The van der Waals surface area contributed by atoms with Crippen LogP contribution in [0.3, 0.4) is 0 Å². The molecule has 0 saturated carbocycles. The van der Waals surface area contributed by atoms with Crippen molar-refractivity contribution in [1.82, 2.24) is 9.55 Å². The van der Waals surface area contributed by atoms with Crippen LogP contribution in [0.15, 0.2) is 84.2 Å². The summed E-state index contributed by atoms with van der Waals surface area (Å²) in [5, 5.41) is 18.0. The molecule has 9 nitrogen and oxygen atoms in total. The number of nitrogens with one attached hydrogen (secondary N) is 1. The molecule has 0 spiro atoms. The van der Waals surface area contributed by atoms with Gasteiger partial charge in [0.05, 0.1) is 41.9 Å². The zero-order valence-electron chi connectivity index (χ0n) is 19.5. The molecule has 9 heteroatoms. The smallest absolute Gasteiger partial charge is 0.305 e. The van der Waals surface area contributed by atoms with Crippen LogP contribution in [0.25, 0.3) is 11.0 Å². The second-order valence-electron chi connectivity index (χ2n) is 8.60. The van der Waals surface area contributed by atoms with Gasteiger partial charge in [0.15, 0.2) is 0 Å². The minimum absolute atomic E-state index is 0.105. The maximum absolute atomic E-state index is 12.9. The van der Waals surface area contributed by atoms with Crippen LogP contribution in [0.4, 0.5) is 11.4 Å². The first-order valence-corrected chi connectivity index (χ1v) is 11.4. The average molecular weight is 482 g/mol. The molecule has 5 rings (SSSR count). The minimum atomic E-state index is -0.921. The van der Waals surface area contributed by atoms with Gasteiger partial charge in [-0.15, -0.1) is 0 Å². The van der Waals surface area contributed by atoms with Crippen LogP contribution in [-0.4, -0.2) is 38.2 Å². The molecule has 0 fully saturated rings. The maximum Gasteiger partial charge on any atom is 0.305 e. The van der Waals surface area contributed by atoms with E-state index in [-0.39, 0.29) is 18.2 Å². The number of amides is 2. The van der Waals surface area contributed by atoms with E-state index in [0.29, 0.717) is 34.4 Å². The lowest BCUT2D eigenvalue weighted by molar-refractivity contribution is -0.137. The monoisotopic (exact) mass is 481 g/mol. The summed E-state index contributed by atoms with van der Waals surface area (Å²) in [6, 6.07) is 20.9. The molecule has 1 atom stereocenters. The molecule has 0 radical (unpaired) electrons. The Bertz CT molecular complexity index is 1490. The lowest BCUT2D eigenvalue weighted by atomic mass is 10.0. The zero-order chi connectivity index (χ0) is 25.2. The summed E-state index contributed by atoms with van der Waals surface area (Å²) >= 11 is 0. The molecular formula is C27H23N5O4. The van der Waals surface area contributed by atoms with Crippen LogP contribution in [0.2, 0.25) is 0 Å². The first-order chi connectivity index (χ1) is 17.4. The van der Waals surface area contributed by atoms with E-state index in [9.17, 15) is 19.5 Å². The summed E-state index contributed by atoms with van der Waals surface area (Å²) in [6.45, 7) is 1.80. The molecule has 180 valence electrons. The fraction of sp³-hybridized carbons (Fsp3) is 0.148. The maximum atomic E-state index is 12.9. The highest BCUT2D eigenvalue weighted by molar-refractivity contribution is 6.12. The molecule has 0 saturated heterocycles. The van der Waals surface area contributed by atoms with Gasteiger partial charge < -0.3 is 15.0 Å². The number of nitrogens with zero attached hydrogens (tertiary/aromatic N) is 4. The Kier molecular flexibility index (Phi) is 6.03. The van der Waals surface area contributed by atoms with E-state index in [1.54, 1.807) is 55.7 Å². The molecule has 2 N–H and O–H groups in total. The number of carboxylic acid groups (broad SMARTS) is 1. The number of carbonyl (C=O) groups excluding carboxylic acids is 2. The number of hydrazone groups is 1. The van der Waals surface area contributed by atoms with Crippen molar-refractivity contribution in [2.75, 3.05) is 10.3 Å². The SMILES string of the molecule is CC1=NN(c2ccc(C(=O)Nc3ccc4ncn(C(CC(=O)O)c5ccccc5)c4c3)cc2)C(=O)C1. The van der Waals surface area contributed by atoms with Gasteiger partial charge in [-0.2, -0.15) is 5.10 Å². The van der Waals surface area contributed by atoms with Crippen LogP contribution in [-0.2, 0) is 9.59 Å². The number of rotatable bonds is 7. The van der Waals surface area contributed by atoms with Gasteiger partial charge in [-0.3, -0.25) is 14.4 Å². The predicted octanol–water partition coefficient (Wildman–Crippen LogP) is 4.47. The van der Waals surface area contributed by atoms with E-state index >= 15 is 0 Å². The van der Waals surface area contributed by atoms with Crippen LogP contribution < -0.4 is 10.3 Å². The Labute approximate surface area is 206 Å². The average Bonchev–Trinajstić information content (AvgIpc) is 3.44. The Morgan fingerprint density at radius 1 is 1.06 bits per heavy atom. The van der Waals surface area contributed by atoms with Gasteiger partial charge in [-0.1, -0.05) is 30.3 Å². The highest BCUT2D eigenvalue weighted by Gasteiger charge is 2.23. The number of hydrogen-bond donors (Lipinski definition) is 2.